The molecule has 7 nitrogen and oxygen atoms in total. The van der Waals surface area contributed by atoms with Crippen molar-refractivity contribution < 1.29 is 4.74 Å². The van der Waals surface area contributed by atoms with E-state index in [0.717, 1.165) is 55.1 Å². The number of nitrogens with one attached hydrogen (secondary N) is 2. The number of rotatable bonds is 7. The molecule has 3 rings (SSSR count). The molecular formula is C20H31IN6O. The number of guanidine groups is 1. The lowest BCUT2D eigenvalue weighted by atomic mass is 9.96. The molecule has 8 heteroatoms. The smallest absolute Gasteiger partial charge is 0.193 e. The summed E-state index contributed by atoms with van der Waals surface area (Å²) >= 11 is 0. The monoisotopic (exact) mass is 498 g/mol. The van der Waals surface area contributed by atoms with Crippen molar-refractivity contribution in [2.24, 2.45) is 10.9 Å². The average molecular weight is 498 g/mol. The predicted octanol–water partition coefficient (Wildman–Crippen LogP) is 3.30. The molecule has 154 valence electrons. The van der Waals surface area contributed by atoms with Gasteiger partial charge in [-0.1, -0.05) is 18.2 Å². The summed E-state index contributed by atoms with van der Waals surface area (Å²) in [5.74, 6) is 2.50. The maximum Gasteiger partial charge on any atom is 0.193 e. The van der Waals surface area contributed by atoms with E-state index in [0.29, 0.717) is 6.54 Å². The molecule has 1 aliphatic heterocycles. The van der Waals surface area contributed by atoms with Crippen LogP contribution in [0.15, 0.2) is 35.6 Å². The number of H-pyrrole nitrogens is 1. The first-order chi connectivity index (χ1) is 13.3. The quantitative estimate of drug-likeness (QED) is 0.348. The number of benzene rings is 1. The third-order valence-corrected chi connectivity index (χ3v) is 4.94. The minimum Gasteiger partial charge on any atom is -0.381 e. The van der Waals surface area contributed by atoms with Crippen LogP contribution in [0.2, 0.25) is 0 Å². The molecule has 0 atom stereocenters. The van der Waals surface area contributed by atoms with Crippen LogP contribution in [0.5, 0.6) is 0 Å². The first-order valence-electron chi connectivity index (χ1n) is 9.78. The Labute approximate surface area is 184 Å². The highest BCUT2D eigenvalue weighted by molar-refractivity contribution is 14.0. The number of aromatic amines is 1. The molecule has 1 aromatic carbocycles. The molecule has 0 spiro atoms. The highest BCUT2D eigenvalue weighted by Crippen LogP contribution is 2.19. The van der Waals surface area contributed by atoms with Gasteiger partial charge in [-0.2, -0.15) is 5.10 Å². The highest BCUT2D eigenvalue weighted by atomic mass is 127. The standard InChI is InChI=1S/C20H30N6O.HI/c1-3-21-20(26(2)10-7-16-8-11-27-12-9-16)22-14-17-5-4-6-18(13-17)19-23-15-24-25-19;/h4-6,13,15-16H,3,7-12,14H2,1-2H3,(H,21,22)(H,23,24,25);1H. The molecule has 1 fully saturated rings. The summed E-state index contributed by atoms with van der Waals surface area (Å²) in [5.41, 5.74) is 2.18. The van der Waals surface area contributed by atoms with Crippen LogP contribution in [0.4, 0.5) is 0 Å². The lowest BCUT2D eigenvalue weighted by Gasteiger charge is -2.26. The number of hydrogen-bond donors (Lipinski definition) is 2. The van der Waals surface area contributed by atoms with E-state index >= 15 is 0 Å². The van der Waals surface area contributed by atoms with Gasteiger partial charge in [-0.25, -0.2) is 9.98 Å². The van der Waals surface area contributed by atoms with Crippen molar-refractivity contribution in [3.63, 3.8) is 0 Å². The van der Waals surface area contributed by atoms with Gasteiger partial charge in [0, 0.05) is 38.9 Å². The molecular weight excluding hydrogens is 467 g/mol. The Balaban J connectivity index is 0.00000280. The zero-order chi connectivity index (χ0) is 18.9. The van der Waals surface area contributed by atoms with Gasteiger partial charge in [-0.05, 0) is 43.7 Å². The summed E-state index contributed by atoms with van der Waals surface area (Å²) in [7, 11) is 2.12. The van der Waals surface area contributed by atoms with E-state index in [2.05, 4.69) is 51.5 Å². The first kappa shape index (κ1) is 22.6. The van der Waals surface area contributed by atoms with E-state index in [-0.39, 0.29) is 24.0 Å². The van der Waals surface area contributed by atoms with Gasteiger partial charge in [0.2, 0.25) is 0 Å². The third-order valence-electron chi connectivity index (χ3n) is 4.94. The Morgan fingerprint density at radius 3 is 2.89 bits per heavy atom. The van der Waals surface area contributed by atoms with Crippen LogP contribution in [0.1, 0.15) is 31.7 Å². The molecule has 1 saturated heterocycles. The third kappa shape index (κ3) is 6.73. The molecule has 0 bridgehead atoms. The predicted molar refractivity (Wildman–Crippen MR) is 123 cm³/mol. The van der Waals surface area contributed by atoms with Gasteiger partial charge in [0.15, 0.2) is 11.8 Å². The average Bonchev–Trinajstić information content (AvgIpc) is 3.25. The molecule has 1 aromatic heterocycles. The van der Waals surface area contributed by atoms with Crippen LogP contribution in [0, 0.1) is 5.92 Å². The fraction of sp³-hybridized carbons (Fsp3) is 0.550. The molecule has 28 heavy (non-hydrogen) atoms. The Bertz CT molecular complexity index is 715. The summed E-state index contributed by atoms with van der Waals surface area (Å²) in [6, 6.07) is 8.26. The lowest BCUT2D eigenvalue weighted by Crippen LogP contribution is -2.40. The minimum absolute atomic E-state index is 0. The summed E-state index contributed by atoms with van der Waals surface area (Å²) in [5, 5.41) is 10.2. The maximum absolute atomic E-state index is 5.46. The van der Waals surface area contributed by atoms with E-state index in [9.17, 15) is 0 Å². The van der Waals surface area contributed by atoms with Gasteiger partial charge in [0.1, 0.15) is 6.33 Å². The number of hydrogen-bond acceptors (Lipinski definition) is 4. The molecule has 2 aromatic rings. The van der Waals surface area contributed by atoms with E-state index in [1.807, 2.05) is 12.1 Å². The first-order valence-corrected chi connectivity index (χ1v) is 9.78. The van der Waals surface area contributed by atoms with Crippen molar-refractivity contribution in [1.29, 1.82) is 0 Å². The second kappa shape index (κ2) is 12.0. The van der Waals surface area contributed by atoms with Gasteiger partial charge in [-0.3, -0.25) is 5.10 Å². The zero-order valence-corrected chi connectivity index (χ0v) is 19.1. The topological polar surface area (TPSA) is 78.4 Å². The van der Waals surface area contributed by atoms with Gasteiger partial charge in [-0.15, -0.1) is 24.0 Å². The Hall–Kier alpha value is -1.68. The molecule has 0 aliphatic carbocycles. The summed E-state index contributed by atoms with van der Waals surface area (Å²) in [4.78, 5) is 11.3. The van der Waals surface area contributed by atoms with Crippen molar-refractivity contribution in [2.45, 2.75) is 32.7 Å². The van der Waals surface area contributed by atoms with Crippen LogP contribution in [0.25, 0.3) is 11.4 Å². The Kier molecular flexibility index (Phi) is 9.69. The van der Waals surface area contributed by atoms with Crippen molar-refractivity contribution in [1.82, 2.24) is 25.4 Å². The maximum atomic E-state index is 5.46. The molecule has 0 amide bonds. The van der Waals surface area contributed by atoms with E-state index < -0.39 is 0 Å². The van der Waals surface area contributed by atoms with Crippen molar-refractivity contribution in [3.05, 3.63) is 36.2 Å². The van der Waals surface area contributed by atoms with Crippen molar-refractivity contribution >= 4 is 29.9 Å². The molecule has 0 saturated carbocycles. The molecule has 0 unspecified atom stereocenters. The van der Waals surface area contributed by atoms with Gasteiger partial charge in [0.05, 0.1) is 6.54 Å². The van der Waals surface area contributed by atoms with Crippen LogP contribution in [-0.4, -0.2) is 59.4 Å². The number of aliphatic imine (C=N–C) groups is 1. The number of aromatic nitrogens is 3. The van der Waals surface area contributed by atoms with Crippen LogP contribution >= 0.6 is 24.0 Å². The number of halogens is 1. The largest absolute Gasteiger partial charge is 0.381 e. The van der Waals surface area contributed by atoms with Crippen LogP contribution in [0.3, 0.4) is 0 Å². The second-order valence-corrected chi connectivity index (χ2v) is 6.97. The van der Waals surface area contributed by atoms with Crippen molar-refractivity contribution in [2.75, 3.05) is 33.4 Å². The van der Waals surface area contributed by atoms with Gasteiger partial charge < -0.3 is 15.0 Å². The fourth-order valence-corrected chi connectivity index (χ4v) is 3.31. The summed E-state index contributed by atoms with van der Waals surface area (Å²) < 4.78 is 5.46. The van der Waals surface area contributed by atoms with Crippen molar-refractivity contribution in [3.8, 4) is 11.4 Å². The van der Waals surface area contributed by atoms with Gasteiger partial charge in [0.25, 0.3) is 0 Å². The second-order valence-electron chi connectivity index (χ2n) is 6.97. The normalized spacial score (nSPS) is 15.1. The summed E-state index contributed by atoms with van der Waals surface area (Å²) in [6.45, 7) is 6.42. The fourth-order valence-electron chi connectivity index (χ4n) is 3.31. The van der Waals surface area contributed by atoms with E-state index in [1.54, 1.807) is 0 Å². The SMILES string of the molecule is CCNC(=NCc1cccc(-c2ncn[nH]2)c1)N(C)CCC1CCOCC1.I. The highest BCUT2D eigenvalue weighted by Gasteiger charge is 2.15. The zero-order valence-electron chi connectivity index (χ0n) is 16.7. The minimum atomic E-state index is 0. The van der Waals surface area contributed by atoms with Crippen LogP contribution < -0.4 is 5.32 Å². The molecule has 2 N–H and O–H groups in total. The van der Waals surface area contributed by atoms with Crippen LogP contribution in [-0.2, 0) is 11.3 Å². The number of nitrogens with zero attached hydrogens (tertiary/aromatic N) is 4. The molecule has 1 aliphatic rings. The lowest BCUT2D eigenvalue weighted by molar-refractivity contribution is 0.0625. The molecule has 2 heterocycles. The Morgan fingerprint density at radius 2 is 2.18 bits per heavy atom. The number of ether oxygens (including phenoxy) is 1. The van der Waals surface area contributed by atoms with E-state index in [4.69, 9.17) is 9.73 Å². The summed E-state index contributed by atoms with van der Waals surface area (Å²) in [6.07, 6.45) is 5.06. The Morgan fingerprint density at radius 1 is 1.36 bits per heavy atom. The molecule has 0 radical (unpaired) electrons. The van der Waals surface area contributed by atoms with E-state index in [1.165, 1.54) is 25.6 Å². The van der Waals surface area contributed by atoms with Gasteiger partial charge >= 0.3 is 0 Å².